The second-order valence-corrected chi connectivity index (χ2v) is 10.5. The van der Waals surface area contributed by atoms with E-state index in [0.717, 1.165) is 0 Å². The molecular weight excluding hydrogens is 436 g/mol. The molecule has 0 saturated carbocycles. The van der Waals surface area contributed by atoms with Crippen LogP contribution >= 0.6 is 0 Å². The minimum Gasteiger partial charge on any atom is -0.396 e. The van der Waals surface area contributed by atoms with Gasteiger partial charge in [0.25, 0.3) is 0 Å². The quantitative estimate of drug-likeness (QED) is 0.496. The molecule has 10 heteroatoms. The molecule has 0 atom stereocenters. The maximum atomic E-state index is 10.4. The lowest BCUT2D eigenvalue weighted by atomic mass is 9.92. The Hall–Kier alpha value is -0.400. The first-order valence-corrected chi connectivity index (χ1v) is 11.7. The van der Waals surface area contributed by atoms with E-state index in [4.69, 9.17) is 42.6 Å². The van der Waals surface area contributed by atoms with Crippen LogP contribution in [-0.2, 0) is 42.6 Å². The van der Waals surface area contributed by atoms with Gasteiger partial charge < -0.3 is 47.7 Å². The van der Waals surface area contributed by atoms with Crippen LogP contribution in [0, 0.1) is 5.41 Å². The van der Waals surface area contributed by atoms with Gasteiger partial charge in [-0.25, -0.2) is 0 Å². The molecule has 0 aromatic rings. The highest BCUT2D eigenvalue weighted by Crippen LogP contribution is 2.27. The molecule has 0 aromatic carbocycles. The van der Waals surface area contributed by atoms with Crippen molar-refractivity contribution >= 4 is 0 Å². The van der Waals surface area contributed by atoms with Gasteiger partial charge in [0.2, 0.25) is 0 Å². The van der Waals surface area contributed by atoms with Crippen molar-refractivity contribution < 1.29 is 47.7 Å². The average molecular weight is 479 g/mol. The molecule has 194 valence electrons. The summed E-state index contributed by atoms with van der Waals surface area (Å²) in [6.45, 7) is 14.1. The lowest BCUT2D eigenvalue weighted by Crippen LogP contribution is -2.50. The maximum absolute atomic E-state index is 10.4. The van der Waals surface area contributed by atoms with Crippen LogP contribution in [0.2, 0.25) is 0 Å². The molecule has 0 aliphatic carbocycles. The summed E-state index contributed by atoms with van der Waals surface area (Å²) in [7, 11) is 0. The van der Waals surface area contributed by atoms with Crippen molar-refractivity contribution in [1.29, 1.82) is 0 Å². The second kappa shape index (κ2) is 11.1. The van der Waals surface area contributed by atoms with Crippen LogP contribution in [0.25, 0.3) is 0 Å². The third-order valence-corrected chi connectivity index (χ3v) is 5.91. The highest BCUT2D eigenvalue weighted by atomic mass is 16.7. The topological polar surface area (TPSA) is 103 Å². The lowest BCUT2D eigenvalue weighted by Gasteiger charge is -2.40. The Balaban J connectivity index is 1.56. The second-order valence-electron chi connectivity index (χ2n) is 10.5. The van der Waals surface area contributed by atoms with E-state index in [2.05, 4.69) is 0 Å². The Labute approximate surface area is 197 Å². The Morgan fingerprint density at radius 1 is 0.576 bits per heavy atom. The molecule has 3 saturated heterocycles. The van der Waals surface area contributed by atoms with E-state index in [-0.39, 0.29) is 44.7 Å². The predicted molar refractivity (Wildman–Crippen MR) is 117 cm³/mol. The van der Waals surface area contributed by atoms with Crippen molar-refractivity contribution in [3.8, 4) is 0 Å². The first-order chi connectivity index (χ1) is 15.4. The van der Waals surface area contributed by atoms with E-state index in [9.17, 15) is 5.11 Å². The number of aliphatic hydroxyl groups is 1. The molecule has 0 amide bonds. The van der Waals surface area contributed by atoms with Gasteiger partial charge >= 0.3 is 0 Å². The summed E-state index contributed by atoms with van der Waals surface area (Å²) in [5, 5.41) is 10.4. The smallest absolute Gasteiger partial charge is 0.163 e. The standard InChI is InChI=1S/C23H42O10/c1-20(2)28-7-17(8-29-20)25-14-23(13-24,15-26-18-9-30-21(3,4)31-10-18)16-27-19-11-32-22(5,6)33-12-19/h17-19,24H,7-16H2,1-6H3. The predicted octanol–water partition coefficient (Wildman–Crippen LogP) is 1.47. The zero-order valence-corrected chi connectivity index (χ0v) is 20.9. The van der Waals surface area contributed by atoms with Crippen LogP contribution in [0.1, 0.15) is 41.5 Å². The summed E-state index contributed by atoms with van der Waals surface area (Å²) in [5.74, 6) is -1.86. The van der Waals surface area contributed by atoms with Crippen LogP contribution in [0.5, 0.6) is 0 Å². The zero-order valence-electron chi connectivity index (χ0n) is 20.9. The van der Waals surface area contributed by atoms with E-state index < -0.39 is 22.8 Å². The van der Waals surface area contributed by atoms with Gasteiger partial charge in [0, 0.05) is 0 Å². The van der Waals surface area contributed by atoms with Crippen LogP contribution < -0.4 is 0 Å². The van der Waals surface area contributed by atoms with E-state index in [1.807, 2.05) is 41.5 Å². The van der Waals surface area contributed by atoms with Crippen molar-refractivity contribution in [3.63, 3.8) is 0 Å². The molecule has 1 N–H and O–H groups in total. The number of rotatable bonds is 10. The molecule has 10 nitrogen and oxygen atoms in total. The van der Waals surface area contributed by atoms with Crippen LogP contribution in [0.3, 0.4) is 0 Å². The van der Waals surface area contributed by atoms with Gasteiger partial charge in [-0.1, -0.05) is 0 Å². The SMILES string of the molecule is CC1(C)OCC(OCC(CO)(COC2COC(C)(C)OC2)COC2COC(C)(C)OC2)CO1. The minimum atomic E-state index is -0.799. The Morgan fingerprint density at radius 2 is 0.818 bits per heavy atom. The zero-order chi connectivity index (χ0) is 24.2. The van der Waals surface area contributed by atoms with E-state index in [0.29, 0.717) is 39.6 Å². The van der Waals surface area contributed by atoms with Crippen LogP contribution in [-0.4, -0.2) is 107 Å². The molecule has 0 aromatic heterocycles. The minimum absolute atomic E-state index is 0.188. The third-order valence-electron chi connectivity index (χ3n) is 5.91. The number of hydrogen-bond acceptors (Lipinski definition) is 10. The number of ether oxygens (including phenoxy) is 9. The van der Waals surface area contributed by atoms with Crippen molar-refractivity contribution in [3.05, 3.63) is 0 Å². The molecule has 0 unspecified atom stereocenters. The van der Waals surface area contributed by atoms with Crippen molar-refractivity contribution in [2.45, 2.75) is 77.2 Å². The van der Waals surface area contributed by atoms with E-state index in [1.165, 1.54) is 0 Å². The molecule has 3 aliphatic heterocycles. The summed E-state index contributed by atoms with van der Waals surface area (Å²) in [4.78, 5) is 0. The van der Waals surface area contributed by atoms with Gasteiger partial charge in [0.1, 0.15) is 18.3 Å². The van der Waals surface area contributed by atoms with Crippen molar-refractivity contribution in [2.24, 2.45) is 5.41 Å². The first-order valence-electron chi connectivity index (χ1n) is 11.7. The molecule has 33 heavy (non-hydrogen) atoms. The summed E-state index contributed by atoms with van der Waals surface area (Å²) in [6, 6.07) is 0. The largest absolute Gasteiger partial charge is 0.396 e. The molecule has 0 radical (unpaired) electrons. The van der Waals surface area contributed by atoms with Gasteiger partial charge in [-0.15, -0.1) is 0 Å². The van der Waals surface area contributed by atoms with Gasteiger partial charge in [-0.2, -0.15) is 0 Å². The third kappa shape index (κ3) is 8.64. The molecule has 0 bridgehead atoms. The Kier molecular flexibility index (Phi) is 9.16. The van der Waals surface area contributed by atoms with E-state index in [1.54, 1.807) is 0 Å². The van der Waals surface area contributed by atoms with Crippen LogP contribution in [0.4, 0.5) is 0 Å². The number of hydrogen-bond donors (Lipinski definition) is 1. The molecule has 0 spiro atoms. The van der Waals surface area contributed by atoms with Crippen LogP contribution in [0.15, 0.2) is 0 Å². The average Bonchev–Trinajstić information content (AvgIpc) is 2.76. The molecule has 3 aliphatic rings. The molecule has 3 fully saturated rings. The maximum Gasteiger partial charge on any atom is 0.163 e. The van der Waals surface area contributed by atoms with Crippen molar-refractivity contribution in [1.82, 2.24) is 0 Å². The lowest BCUT2D eigenvalue weighted by molar-refractivity contribution is -0.296. The normalized spacial score (nSPS) is 27.0. The van der Waals surface area contributed by atoms with Gasteiger partial charge in [-0.05, 0) is 41.5 Å². The fourth-order valence-electron chi connectivity index (χ4n) is 3.47. The summed E-state index contributed by atoms with van der Waals surface area (Å²) in [6.07, 6.45) is -0.727. The fraction of sp³-hybridized carbons (Fsp3) is 1.00. The summed E-state index contributed by atoms with van der Waals surface area (Å²) in [5.41, 5.74) is -0.799. The molecular formula is C23H42O10. The molecule has 3 heterocycles. The summed E-state index contributed by atoms with van der Waals surface area (Å²) >= 11 is 0. The summed E-state index contributed by atoms with van der Waals surface area (Å²) < 4.78 is 52.4. The molecule has 3 rings (SSSR count). The Morgan fingerprint density at radius 3 is 1.03 bits per heavy atom. The van der Waals surface area contributed by atoms with Crippen molar-refractivity contribution in [2.75, 3.05) is 66.1 Å². The first kappa shape index (κ1) is 27.2. The van der Waals surface area contributed by atoms with Gasteiger partial charge in [0.05, 0.1) is 71.5 Å². The highest BCUT2D eigenvalue weighted by Gasteiger charge is 2.38. The van der Waals surface area contributed by atoms with Gasteiger partial charge in [0.15, 0.2) is 17.4 Å². The Bertz CT molecular complexity index is 499. The van der Waals surface area contributed by atoms with Gasteiger partial charge in [-0.3, -0.25) is 0 Å². The number of aliphatic hydroxyl groups excluding tert-OH is 1. The monoisotopic (exact) mass is 478 g/mol. The highest BCUT2D eigenvalue weighted by molar-refractivity contribution is 4.82. The van der Waals surface area contributed by atoms with E-state index >= 15 is 0 Å². The fourth-order valence-corrected chi connectivity index (χ4v) is 3.47.